The molecule has 6 rings (SSSR count). The highest BCUT2D eigenvalue weighted by Gasteiger charge is 2.41. The van der Waals surface area contributed by atoms with Crippen LogP contribution >= 0.6 is 11.6 Å². The van der Waals surface area contributed by atoms with Gasteiger partial charge in [0.1, 0.15) is 11.7 Å². The van der Waals surface area contributed by atoms with Gasteiger partial charge in [-0.2, -0.15) is 0 Å². The van der Waals surface area contributed by atoms with Crippen LogP contribution in [0.4, 0.5) is 11.4 Å². The second-order valence-corrected chi connectivity index (χ2v) is 12.1. The van der Waals surface area contributed by atoms with Crippen molar-refractivity contribution in [1.29, 1.82) is 0 Å². The predicted octanol–water partition coefficient (Wildman–Crippen LogP) is 6.28. The summed E-state index contributed by atoms with van der Waals surface area (Å²) < 4.78 is 0. The summed E-state index contributed by atoms with van der Waals surface area (Å²) in [6.07, 6.45) is 12.9. The molecule has 2 fully saturated rings. The van der Waals surface area contributed by atoms with Gasteiger partial charge in [0.05, 0.1) is 5.56 Å². The molecule has 2 saturated carbocycles. The van der Waals surface area contributed by atoms with E-state index in [1.165, 1.54) is 6.42 Å². The Morgan fingerprint density at radius 1 is 0.930 bits per heavy atom. The van der Waals surface area contributed by atoms with Crippen molar-refractivity contribution in [2.45, 2.75) is 56.8 Å². The first kappa shape index (κ1) is 29.2. The molecule has 1 aliphatic heterocycles. The Hall–Kier alpha value is -3.84. The molecule has 8 heteroatoms. The molecule has 220 valence electrons. The molecule has 3 aliphatic rings. The van der Waals surface area contributed by atoms with E-state index in [0.717, 1.165) is 36.9 Å². The molecule has 3 N–H and O–H groups in total. The maximum absolute atomic E-state index is 14.3. The molecule has 4 radical (unpaired) electrons. The van der Waals surface area contributed by atoms with Crippen molar-refractivity contribution >= 4 is 40.7 Å². The summed E-state index contributed by atoms with van der Waals surface area (Å²) >= 11 is 6.29. The van der Waals surface area contributed by atoms with Gasteiger partial charge in [-0.3, -0.25) is 19.3 Å². The summed E-state index contributed by atoms with van der Waals surface area (Å²) in [6, 6.07) is 20.9. The van der Waals surface area contributed by atoms with E-state index in [1.54, 1.807) is 35.2 Å². The summed E-state index contributed by atoms with van der Waals surface area (Å²) in [7, 11) is 0. The molecule has 3 aromatic carbocycles. The molecule has 0 saturated heterocycles. The Bertz CT molecular complexity index is 1500. The lowest BCUT2D eigenvalue weighted by Crippen LogP contribution is -2.55. The Balaban J connectivity index is 1.37. The van der Waals surface area contributed by atoms with Crippen molar-refractivity contribution in [3.63, 3.8) is 0 Å². The third kappa shape index (κ3) is 6.14. The standard InChI is InChI=1S/C35H35ClN4O3/c1-35(38-30-17-8-7-16-29(30)32(41)39-35)25-18-20-28(21-19-25)40(34(43)24-12-9-13-26(36)22-24)31(23-10-5-6-11-23)33(42)37-27-14-3-2-4-15-27/h5-13,16-23,27,31,38H,2-4,14-15H2,1H3,(H,37,42)(H,39,41). The average molecular weight is 595 g/mol. The molecule has 2 unspecified atom stereocenters. The minimum Gasteiger partial charge on any atom is -0.359 e. The Kier molecular flexibility index (Phi) is 8.44. The summed E-state index contributed by atoms with van der Waals surface area (Å²) in [4.78, 5) is 42.9. The van der Waals surface area contributed by atoms with Gasteiger partial charge >= 0.3 is 0 Å². The number of hydrogen-bond donors (Lipinski definition) is 3. The van der Waals surface area contributed by atoms with Gasteiger partial charge in [-0.05, 0) is 99.4 Å². The van der Waals surface area contributed by atoms with Gasteiger partial charge in [0.2, 0.25) is 5.91 Å². The van der Waals surface area contributed by atoms with E-state index in [9.17, 15) is 14.4 Å². The SMILES string of the molecule is CC1(c2ccc(N(C(=O)c3cccc(Cl)c3)C(C(=O)NC3CCCCC3)C3[CH][CH][CH][CH]3)cc2)NC(=O)c2ccccc2N1. The lowest BCUT2D eigenvalue weighted by Gasteiger charge is -2.39. The highest BCUT2D eigenvalue weighted by molar-refractivity contribution is 6.31. The first-order valence-electron chi connectivity index (χ1n) is 14.9. The van der Waals surface area contributed by atoms with Gasteiger partial charge < -0.3 is 16.0 Å². The van der Waals surface area contributed by atoms with Gasteiger partial charge in [-0.1, -0.05) is 61.2 Å². The molecule has 0 aromatic heterocycles. The number of carbonyl (C=O) groups excluding carboxylic acids is 3. The number of nitrogens with zero attached hydrogens (tertiary/aromatic N) is 1. The van der Waals surface area contributed by atoms with E-state index in [2.05, 4.69) is 16.0 Å². The largest absolute Gasteiger partial charge is 0.359 e. The number of anilines is 2. The normalized spacial score (nSPS) is 21.3. The zero-order valence-corrected chi connectivity index (χ0v) is 24.8. The quantitative estimate of drug-likeness (QED) is 0.300. The van der Waals surface area contributed by atoms with Gasteiger partial charge in [-0.15, -0.1) is 0 Å². The van der Waals surface area contributed by atoms with Crippen LogP contribution in [0.3, 0.4) is 0 Å². The highest BCUT2D eigenvalue weighted by Crippen LogP contribution is 2.35. The van der Waals surface area contributed by atoms with Crippen LogP contribution in [-0.4, -0.2) is 29.8 Å². The molecule has 1 heterocycles. The van der Waals surface area contributed by atoms with Crippen LogP contribution in [0, 0.1) is 31.6 Å². The minimum absolute atomic E-state index is 0.0902. The number of amides is 3. The van der Waals surface area contributed by atoms with Crippen molar-refractivity contribution in [2.24, 2.45) is 5.92 Å². The summed E-state index contributed by atoms with van der Waals surface area (Å²) in [5.41, 5.74) is 2.22. The van der Waals surface area contributed by atoms with E-state index in [4.69, 9.17) is 11.6 Å². The number of hydrogen-bond acceptors (Lipinski definition) is 4. The van der Waals surface area contributed by atoms with Crippen molar-refractivity contribution in [1.82, 2.24) is 10.6 Å². The number of carbonyl (C=O) groups is 3. The molecule has 43 heavy (non-hydrogen) atoms. The second kappa shape index (κ2) is 12.4. The fourth-order valence-corrected chi connectivity index (χ4v) is 6.50. The third-order valence-corrected chi connectivity index (χ3v) is 8.81. The Morgan fingerprint density at radius 3 is 2.37 bits per heavy atom. The van der Waals surface area contributed by atoms with Crippen LogP contribution in [0.5, 0.6) is 0 Å². The fraction of sp³-hybridized carbons (Fsp3) is 0.286. The maximum atomic E-state index is 14.3. The van der Waals surface area contributed by atoms with E-state index in [0.29, 0.717) is 21.8 Å². The lowest BCUT2D eigenvalue weighted by atomic mass is 9.91. The highest BCUT2D eigenvalue weighted by atomic mass is 35.5. The molecule has 2 atom stereocenters. The number of rotatable bonds is 7. The first-order chi connectivity index (χ1) is 20.8. The number of benzene rings is 3. The predicted molar refractivity (Wildman–Crippen MR) is 169 cm³/mol. The third-order valence-electron chi connectivity index (χ3n) is 8.57. The van der Waals surface area contributed by atoms with Gasteiger partial charge in [0.15, 0.2) is 0 Å². The molecule has 2 aliphatic carbocycles. The first-order valence-corrected chi connectivity index (χ1v) is 15.2. The van der Waals surface area contributed by atoms with Gasteiger partial charge in [0, 0.05) is 28.0 Å². The Morgan fingerprint density at radius 2 is 1.65 bits per heavy atom. The molecular weight excluding hydrogens is 560 g/mol. The smallest absolute Gasteiger partial charge is 0.259 e. The van der Waals surface area contributed by atoms with Crippen molar-refractivity contribution in [2.75, 3.05) is 10.2 Å². The van der Waals surface area contributed by atoms with Crippen molar-refractivity contribution < 1.29 is 14.4 Å². The van der Waals surface area contributed by atoms with E-state index < -0.39 is 11.7 Å². The van der Waals surface area contributed by atoms with Crippen molar-refractivity contribution in [3.05, 3.63) is 120 Å². The van der Waals surface area contributed by atoms with E-state index in [-0.39, 0.29) is 29.7 Å². The van der Waals surface area contributed by atoms with Crippen LogP contribution in [0.15, 0.2) is 72.8 Å². The summed E-state index contributed by atoms with van der Waals surface area (Å²) in [6.45, 7) is 1.90. The van der Waals surface area contributed by atoms with E-state index >= 15 is 0 Å². The van der Waals surface area contributed by atoms with Crippen LogP contribution in [0.25, 0.3) is 0 Å². The zero-order valence-electron chi connectivity index (χ0n) is 24.1. The number of halogens is 1. The number of fused-ring (bicyclic) bond motifs is 1. The number of nitrogens with one attached hydrogen (secondary N) is 3. The van der Waals surface area contributed by atoms with Gasteiger partial charge in [0.25, 0.3) is 11.8 Å². The van der Waals surface area contributed by atoms with E-state index in [1.807, 2.05) is 75.1 Å². The van der Waals surface area contributed by atoms with Crippen LogP contribution in [0.2, 0.25) is 5.02 Å². The monoisotopic (exact) mass is 594 g/mol. The zero-order chi connectivity index (χ0) is 30.0. The minimum atomic E-state index is -0.875. The topological polar surface area (TPSA) is 90.5 Å². The molecule has 7 nitrogen and oxygen atoms in total. The molecular formula is C35H35ClN4O3. The summed E-state index contributed by atoms with van der Waals surface area (Å²) in [5, 5.41) is 10.2. The molecule has 3 aromatic rings. The van der Waals surface area contributed by atoms with Crippen LogP contribution in [0.1, 0.15) is 65.3 Å². The van der Waals surface area contributed by atoms with Crippen molar-refractivity contribution in [3.8, 4) is 0 Å². The maximum Gasteiger partial charge on any atom is 0.259 e. The van der Waals surface area contributed by atoms with Crippen LogP contribution in [-0.2, 0) is 10.5 Å². The second-order valence-electron chi connectivity index (χ2n) is 11.6. The van der Waals surface area contributed by atoms with Crippen LogP contribution < -0.4 is 20.9 Å². The molecule has 0 spiro atoms. The summed E-state index contributed by atoms with van der Waals surface area (Å²) in [5.74, 6) is -0.980. The molecule has 0 bridgehead atoms. The molecule has 3 amide bonds. The number of para-hydroxylation sites is 1. The fourth-order valence-electron chi connectivity index (χ4n) is 6.31. The average Bonchev–Trinajstić information content (AvgIpc) is 3.54. The lowest BCUT2D eigenvalue weighted by molar-refractivity contribution is -0.123. The van der Waals surface area contributed by atoms with Gasteiger partial charge in [-0.25, -0.2) is 0 Å². The Labute approximate surface area is 258 Å².